The van der Waals surface area contributed by atoms with Crippen molar-refractivity contribution in [3.8, 4) is 0 Å². The lowest BCUT2D eigenvalue weighted by atomic mass is 10.2. The number of carbonyl (C=O) groups is 1. The van der Waals surface area contributed by atoms with Crippen LogP contribution in [-0.2, 0) is 11.3 Å². The van der Waals surface area contributed by atoms with E-state index in [4.69, 9.17) is 4.98 Å². The average Bonchev–Trinajstić information content (AvgIpc) is 3.33. The molecule has 3 heterocycles. The summed E-state index contributed by atoms with van der Waals surface area (Å²) in [6.45, 7) is 3.34. The number of nitro groups is 1. The van der Waals surface area contributed by atoms with E-state index in [0.29, 0.717) is 50.1 Å². The minimum Gasteiger partial charge on any atom is -0.368 e. The Bertz CT molecular complexity index is 1740. The number of rotatable bonds is 9. The Morgan fingerprint density at radius 3 is 2.43 bits per heavy atom. The quantitative estimate of drug-likeness (QED) is 0.0841. The molecule has 0 spiro atoms. The Kier molecular flexibility index (Phi) is 8.34. The summed E-state index contributed by atoms with van der Waals surface area (Å²) in [5.41, 5.74) is 4.84. The van der Waals surface area contributed by atoms with E-state index in [0.717, 1.165) is 38.6 Å². The van der Waals surface area contributed by atoms with Crippen LogP contribution in [0.5, 0.6) is 0 Å². The zero-order valence-electron chi connectivity index (χ0n) is 22.7. The van der Waals surface area contributed by atoms with Crippen LogP contribution in [0.3, 0.4) is 0 Å². The molecule has 1 aliphatic rings. The Balaban J connectivity index is 1.04. The number of hydrogen-bond donors (Lipinski definition) is 0. The molecular formula is C30H28BrN7O3S. The van der Waals surface area contributed by atoms with Crippen molar-refractivity contribution >= 4 is 67.0 Å². The van der Waals surface area contributed by atoms with Crippen LogP contribution in [0, 0.1) is 10.1 Å². The van der Waals surface area contributed by atoms with Gasteiger partial charge in [0, 0.05) is 72.6 Å². The maximum Gasteiger partial charge on any atom is 0.269 e. The van der Waals surface area contributed by atoms with Crippen LogP contribution in [-0.4, -0.2) is 67.4 Å². The van der Waals surface area contributed by atoms with Gasteiger partial charge in [0.1, 0.15) is 5.52 Å². The third-order valence-corrected chi connectivity index (χ3v) is 8.89. The molecule has 1 aliphatic heterocycles. The zero-order valence-corrected chi connectivity index (χ0v) is 25.1. The minimum atomic E-state index is -0.398. The molecule has 0 aliphatic carbocycles. The molecule has 0 N–H and O–H groups in total. The van der Waals surface area contributed by atoms with E-state index >= 15 is 0 Å². The normalized spacial score (nSPS) is 13.6. The number of halogens is 1. The largest absolute Gasteiger partial charge is 0.368 e. The summed E-state index contributed by atoms with van der Waals surface area (Å²) in [7, 11) is 0. The predicted molar refractivity (Wildman–Crippen MR) is 168 cm³/mol. The Hall–Kier alpha value is -4.03. The van der Waals surface area contributed by atoms with Gasteiger partial charge in [-0.2, -0.15) is 0 Å². The Morgan fingerprint density at radius 1 is 0.952 bits per heavy atom. The maximum absolute atomic E-state index is 12.9. The number of anilines is 1. The molecule has 42 heavy (non-hydrogen) atoms. The zero-order chi connectivity index (χ0) is 29.1. The first-order valence-electron chi connectivity index (χ1n) is 13.7. The van der Waals surface area contributed by atoms with Gasteiger partial charge < -0.3 is 14.4 Å². The topological polar surface area (TPSA) is 110 Å². The lowest BCUT2D eigenvalue weighted by Crippen LogP contribution is -2.48. The molecule has 5 aromatic rings. The first-order chi connectivity index (χ1) is 20.5. The van der Waals surface area contributed by atoms with Crippen molar-refractivity contribution in [1.29, 1.82) is 0 Å². The number of amides is 1. The molecule has 0 radical (unpaired) electrons. The number of non-ortho nitro benzene ring substituents is 1. The van der Waals surface area contributed by atoms with E-state index in [1.54, 1.807) is 12.1 Å². The number of fused-ring (bicyclic) bond motifs is 3. The maximum atomic E-state index is 12.9. The van der Waals surface area contributed by atoms with Crippen LogP contribution in [0.2, 0.25) is 0 Å². The molecule has 1 amide bonds. The minimum absolute atomic E-state index is 0.0784. The van der Waals surface area contributed by atoms with Gasteiger partial charge in [-0.05, 0) is 42.3 Å². The van der Waals surface area contributed by atoms with E-state index in [-0.39, 0.29) is 11.6 Å². The molecule has 1 fully saturated rings. The Labute approximate surface area is 255 Å². The van der Waals surface area contributed by atoms with Crippen molar-refractivity contribution < 1.29 is 9.72 Å². The van der Waals surface area contributed by atoms with Gasteiger partial charge >= 0.3 is 0 Å². The number of benzene rings is 3. The van der Waals surface area contributed by atoms with Crippen molar-refractivity contribution in [2.75, 3.05) is 36.8 Å². The van der Waals surface area contributed by atoms with E-state index in [9.17, 15) is 14.9 Å². The number of aromatic nitrogens is 4. The number of nitrogens with zero attached hydrogens (tertiary/aromatic N) is 7. The van der Waals surface area contributed by atoms with E-state index in [1.165, 1.54) is 29.5 Å². The lowest BCUT2D eigenvalue weighted by Gasteiger charge is -2.36. The molecule has 2 aromatic heterocycles. The van der Waals surface area contributed by atoms with Gasteiger partial charge in [0.2, 0.25) is 11.1 Å². The second-order valence-electron chi connectivity index (χ2n) is 10.1. The molecule has 1 saturated heterocycles. The standard InChI is InChI=1S/C30H28BrN7O3S/c31-22-9-7-21(8-10-22)20-37-26-5-2-1-4-25(26)28-29(37)32-30(34-33-28)42-19-3-6-27(39)36-17-15-35(16-18-36)23-11-13-24(14-12-23)38(40)41/h1-2,4-5,7-14H,3,6,15-20H2. The van der Waals surface area contributed by atoms with Gasteiger partial charge in [0.15, 0.2) is 5.65 Å². The number of nitro benzene ring substituents is 1. The third kappa shape index (κ3) is 6.09. The van der Waals surface area contributed by atoms with Crippen LogP contribution in [0.4, 0.5) is 11.4 Å². The SMILES string of the molecule is O=C(CCCSc1nnc2c3ccccc3n(Cc3ccc(Br)cc3)c2n1)N1CCN(c2ccc([N+](=O)[O-])cc2)CC1. The lowest BCUT2D eigenvalue weighted by molar-refractivity contribution is -0.384. The molecule has 6 rings (SSSR count). The van der Waals surface area contributed by atoms with Crippen molar-refractivity contribution in [2.45, 2.75) is 24.5 Å². The first-order valence-corrected chi connectivity index (χ1v) is 15.5. The van der Waals surface area contributed by atoms with Crippen LogP contribution >= 0.6 is 27.7 Å². The number of piperazine rings is 1. The highest BCUT2D eigenvalue weighted by Gasteiger charge is 2.22. The van der Waals surface area contributed by atoms with Crippen molar-refractivity contribution in [2.24, 2.45) is 0 Å². The highest BCUT2D eigenvalue weighted by Crippen LogP contribution is 2.28. The highest BCUT2D eigenvalue weighted by molar-refractivity contribution is 9.10. The first kappa shape index (κ1) is 28.1. The van der Waals surface area contributed by atoms with E-state index < -0.39 is 4.92 Å². The molecular weight excluding hydrogens is 618 g/mol. The van der Waals surface area contributed by atoms with Gasteiger partial charge in [-0.3, -0.25) is 14.9 Å². The van der Waals surface area contributed by atoms with Crippen molar-refractivity contribution in [3.05, 3.63) is 92.9 Å². The molecule has 0 bridgehead atoms. The van der Waals surface area contributed by atoms with Gasteiger partial charge in [-0.25, -0.2) is 4.98 Å². The van der Waals surface area contributed by atoms with E-state index in [1.807, 2.05) is 29.2 Å². The van der Waals surface area contributed by atoms with Crippen molar-refractivity contribution in [1.82, 2.24) is 24.6 Å². The summed E-state index contributed by atoms with van der Waals surface area (Å²) in [5.74, 6) is 0.859. The van der Waals surface area contributed by atoms with Crippen molar-refractivity contribution in [3.63, 3.8) is 0 Å². The monoisotopic (exact) mass is 645 g/mol. The third-order valence-electron chi connectivity index (χ3n) is 7.43. The molecule has 0 atom stereocenters. The van der Waals surface area contributed by atoms with Crippen LogP contribution in [0.25, 0.3) is 22.1 Å². The number of carbonyl (C=O) groups excluding carboxylic acids is 1. The van der Waals surface area contributed by atoms with Gasteiger partial charge in [-0.15, -0.1) is 10.2 Å². The number of para-hydroxylation sites is 1. The second-order valence-corrected chi connectivity index (χ2v) is 12.1. The van der Waals surface area contributed by atoms with Gasteiger partial charge in [0.05, 0.1) is 10.4 Å². The predicted octanol–water partition coefficient (Wildman–Crippen LogP) is 5.92. The summed E-state index contributed by atoms with van der Waals surface area (Å²) in [5, 5.41) is 21.5. The molecule has 214 valence electrons. The fourth-order valence-corrected chi connectivity index (χ4v) is 6.21. The van der Waals surface area contributed by atoms with E-state index in [2.05, 4.69) is 59.9 Å². The summed E-state index contributed by atoms with van der Waals surface area (Å²) in [6.07, 6.45) is 1.18. The molecule has 3 aromatic carbocycles. The molecule has 0 unspecified atom stereocenters. The molecule has 10 nitrogen and oxygen atoms in total. The van der Waals surface area contributed by atoms with Gasteiger partial charge in [-0.1, -0.05) is 58.0 Å². The Morgan fingerprint density at radius 2 is 1.69 bits per heavy atom. The second kappa shape index (κ2) is 12.5. The van der Waals surface area contributed by atoms with Crippen LogP contribution in [0.15, 0.2) is 82.4 Å². The number of thioether (sulfide) groups is 1. The summed E-state index contributed by atoms with van der Waals surface area (Å²) >= 11 is 5.03. The smallest absolute Gasteiger partial charge is 0.269 e. The fourth-order valence-electron chi connectivity index (χ4n) is 5.23. The van der Waals surface area contributed by atoms with Crippen LogP contribution in [0.1, 0.15) is 18.4 Å². The molecule has 12 heteroatoms. The number of hydrogen-bond acceptors (Lipinski definition) is 8. The summed E-state index contributed by atoms with van der Waals surface area (Å²) < 4.78 is 3.23. The fraction of sp³-hybridized carbons (Fsp3) is 0.267. The average molecular weight is 647 g/mol. The highest BCUT2D eigenvalue weighted by atomic mass is 79.9. The van der Waals surface area contributed by atoms with Crippen LogP contribution < -0.4 is 4.90 Å². The van der Waals surface area contributed by atoms with Gasteiger partial charge in [0.25, 0.3) is 5.69 Å². The summed E-state index contributed by atoms with van der Waals surface area (Å²) in [6, 6.07) is 23.0. The summed E-state index contributed by atoms with van der Waals surface area (Å²) in [4.78, 5) is 32.3. The molecule has 0 saturated carbocycles.